The summed E-state index contributed by atoms with van der Waals surface area (Å²) in [4.78, 5) is 13.2. The molecule has 24 heavy (non-hydrogen) atoms. The quantitative estimate of drug-likeness (QED) is 0.896. The summed E-state index contributed by atoms with van der Waals surface area (Å²) < 4.78 is 45.5. The molecule has 0 radical (unpaired) electrons. The molecule has 2 aromatic rings. The number of carbonyl (C=O) groups excluding carboxylic acids is 1. The Bertz CT molecular complexity index is 866. The Kier molecular flexibility index (Phi) is 5.08. The third-order valence-corrected chi connectivity index (χ3v) is 4.57. The van der Waals surface area contributed by atoms with E-state index in [0.29, 0.717) is 0 Å². The normalized spacial score (nSPS) is 11.0. The summed E-state index contributed by atoms with van der Waals surface area (Å²) >= 11 is 0. The molecular weight excluding hydrogens is 335 g/mol. The number of anilines is 1. The summed E-state index contributed by atoms with van der Waals surface area (Å²) in [6.45, 7) is 0. The predicted octanol–water partition coefficient (Wildman–Crippen LogP) is 2.34. The van der Waals surface area contributed by atoms with Crippen LogP contribution in [0.25, 0.3) is 0 Å². The second-order valence-electron chi connectivity index (χ2n) is 5.18. The summed E-state index contributed by atoms with van der Waals surface area (Å²) in [5, 5.41) is 0. The minimum atomic E-state index is -3.96. The average molecular weight is 352 g/mol. The molecule has 0 atom stereocenters. The largest absolute Gasteiger partial charge is 0.494 e. The van der Waals surface area contributed by atoms with E-state index in [-0.39, 0.29) is 27.8 Å². The minimum Gasteiger partial charge on any atom is -0.494 e. The molecule has 2 rings (SSSR count). The molecule has 8 heteroatoms. The van der Waals surface area contributed by atoms with Gasteiger partial charge in [0.15, 0.2) is 0 Å². The zero-order valence-electron chi connectivity index (χ0n) is 13.4. The highest BCUT2D eigenvalue weighted by Gasteiger charge is 2.19. The Hall–Kier alpha value is -2.61. The van der Waals surface area contributed by atoms with Crippen LogP contribution in [0.4, 0.5) is 10.1 Å². The van der Waals surface area contributed by atoms with Gasteiger partial charge in [-0.05, 0) is 30.3 Å². The number of sulfonamides is 1. The van der Waals surface area contributed by atoms with E-state index in [1.807, 2.05) is 0 Å². The van der Waals surface area contributed by atoms with Crippen molar-refractivity contribution in [2.75, 3.05) is 25.9 Å². The first-order chi connectivity index (χ1) is 11.2. The number of benzene rings is 2. The highest BCUT2D eigenvalue weighted by Crippen LogP contribution is 2.27. The number of hydrogen-bond acceptors (Lipinski definition) is 4. The van der Waals surface area contributed by atoms with Gasteiger partial charge in [-0.3, -0.25) is 9.52 Å². The highest BCUT2D eigenvalue weighted by molar-refractivity contribution is 7.92. The minimum absolute atomic E-state index is 0.0547. The third kappa shape index (κ3) is 3.83. The lowest BCUT2D eigenvalue weighted by Gasteiger charge is -2.14. The Labute approximate surface area is 139 Å². The fourth-order valence-corrected chi connectivity index (χ4v) is 3.12. The SMILES string of the molecule is COc1cc(F)ccc1NS(=O)(=O)c1cccc(C(=O)N(C)C)c1. The van der Waals surface area contributed by atoms with Crippen LogP contribution >= 0.6 is 0 Å². The summed E-state index contributed by atoms with van der Waals surface area (Å²) in [5.41, 5.74) is 0.345. The molecule has 0 aliphatic rings. The molecule has 0 aliphatic heterocycles. The van der Waals surface area contributed by atoms with Crippen LogP contribution in [0.1, 0.15) is 10.4 Å². The van der Waals surface area contributed by atoms with Gasteiger partial charge in [0.2, 0.25) is 0 Å². The van der Waals surface area contributed by atoms with Crippen molar-refractivity contribution in [3.63, 3.8) is 0 Å². The predicted molar refractivity (Wildman–Crippen MR) is 88.2 cm³/mol. The summed E-state index contributed by atoms with van der Waals surface area (Å²) in [5.74, 6) is -0.807. The number of carbonyl (C=O) groups is 1. The number of nitrogens with one attached hydrogen (secondary N) is 1. The van der Waals surface area contributed by atoms with Gasteiger partial charge in [0.25, 0.3) is 15.9 Å². The van der Waals surface area contributed by atoms with Crippen molar-refractivity contribution >= 4 is 21.6 Å². The summed E-state index contributed by atoms with van der Waals surface area (Å²) in [6, 6.07) is 9.11. The lowest BCUT2D eigenvalue weighted by molar-refractivity contribution is 0.0827. The van der Waals surface area contributed by atoms with Gasteiger partial charge in [0, 0.05) is 25.7 Å². The molecule has 0 saturated carbocycles. The van der Waals surface area contributed by atoms with Gasteiger partial charge < -0.3 is 9.64 Å². The molecule has 6 nitrogen and oxygen atoms in total. The van der Waals surface area contributed by atoms with Crippen molar-refractivity contribution in [1.82, 2.24) is 4.90 Å². The van der Waals surface area contributed by atoms with Gasteiger partial charge in [-0.15, -0.1) is 0 Å². The van der Waals surface area contributed by atoms with Crippen molar-refractivity contribution < 1.29 is 22.3 Å². The van der Waals surface area contributed by atoms with Gasteiger partial charge in [-0.2, -0.15) is 0 Å². The molecule has 1 amide bonds. The molecule has 1 N–H and O–H groups in total. The van der Waals surface area contributed by atoms with E-state index in [2.05, 4.69) is 4.72 Å². The van der Waals surface area contributed by atoms with Gasteiger partial charge in [0.05, 0.1) is 17.7 Å². The van der Waals surface area contributed by atoms with Crippen LogP contribution in [-0.4, -0.2) is 40.4 Å². The maximum Gasteiger partial charge on any atom is 0.262 e. The number of rotatable bonds is 5. The van der Waals surface area contributed by atoms with E-state index in [1.54, 1.807) is 14.1 Å². The Balaban J connectivity index is 2.38. The number of halogens is 1. The second kappa shape index (κ2) is 6.88. The topological polar surface area (TPSA) is 75.7 Å². The van der Waals surface area contributed by atoms with Crippen molar-refractivity contribution in [1.29, 1.82) is 0 Å². The van der Waals surface area contributed by atoms with Crippen LogP contribution in [0, 0.1) is 5.82 Å². The van der Waals surface area contributed by atoms with Crippen molar-refractivity contribution in [3.8, 4) is 5.75 Å². The second-order valence-corrected chi connectivity index (χ2v) is 6.86. The van der Waals surface area contributed by atoms with Crippen LogP contribution in [0.15, 0.2) is 47.4 Å². The van der Waals surface area contributed by atoms with Crippen molar-refractivity contribution in [2.24, 2.45) is 0 Å². The molecule has 0 aliphatic carbocycles. The molecule has 0 spiro atoms. The van der Waals surface area contributed by atoms with Crippen LogP contribution in [0.2, 0.25) is 0 Å². The van der Waals surface area contributed by atoms with Crippen LogP contribution in [0.3, 0.4) is 0 Å². The van der Waals surface area contributed by atoms with Gasteiger partial charge in [-0.1, -0.05) is 6.07 Å². The first-order valence-corrected chi connectivity index (χ1v) is 8.41. The lowest BCUT2D eigenvalue weighted by Crippen LogP contribution is -2.22. The fraction of sp³-hybridized carbons (Fsp3) is 0.188. The van der Waals surface area contributed by atoms with Gasteiger partial charge in [-0.25, -0.2) is 12.8 Å². The zero-order chi connectivity index (χ0) is 17.9. The Morgan fingerprint density at radius 1 is 1.17 bits per heavy atom. The molecule has 0 unspecified atom stereocenters. The molecule has 2 aromatic carbocycles. The Morgan fingerprint density at radius 3 is 2.50 bits per heavy atom. The van der Waals surface area contributed by atoms with Crippen molar-refractivity contribution in [3.05, 3.63) is 53.8 Å². The van der Waals surface area contributed by atoms with E-state index >= 15 is 0 Å². The van der Waals surface area contributed by atoms with E-state index in [0.717, 1.165) is 12.1 Å². The van der Waals surface area contributed by atoms with Crippen LogP contribution in [-0.2, 0) is 10.0 Å². The number of hydrogen-bond donors (Lipinski definition) is 1. The Morgan fingerprint density at radius 2 is 1.88 bits per heavy atom. The lowest BCUT2D eigenvalue weighted by atomic mass is 10.2. The molecule has 0 saturated heterocycles. The van der Waals surface area contributed by atoms with E-state index in [4.69, 9.17) is 4.74 Å². The molecule has 0 aromatic heterocycles. The van der Waals surface area contributed by atoms with E-state index in [9.17, 15) is 17.6 Å². The third-order valence-electron chi connectivity index (χ3n) is 3.21. The first kappa shape index (κ1) is 17.7. The number of methoxy groups -OCH3 is 1. The summed E-state index contributed by atoms with van der Waals surface area (Å²) in [7, 11) is 0.494. The maximum absolute atomic E-state index is 13.2. The molecule has 0 heterocycles. The molecule has 0 bridgehead atoms. The van der Waals surface area contributed by atoms with E-state index < -0.39 is 15.8 Å². The highest BCUT2D eigenvalue weighted by atomic mass is 32.2. The number of amides is 1. The monoisotopic (exact) mass is 352 g/mol. The number of ether oxygens (including phenoxy) is 1. The molecular formula is C16H17FN2O4S. The maximum atomic E-state index is 13.2. The number of nitrogens with zero attached hydrogens (tertiary/aromatic N) is 1. The summed E-state index contributed by atoms with van der Waals surface area (Å²) in [6.07, 6.45) is 0. The molecule has 128 valence electrons. The smallest absolute Gasteiger partial charge is 0.262 e. The average Bonchev–Trinajstić information content (AvgIpc) is 2.55. The zero-order valence-corrected chi connectivity index (χ0v) is 14.2. The van der Waals surface area contributed by atoms with Gasteiger partial charge >= 0.3 is 0 Å². The van der Waals surface area contributed by atoms with Crippen LogP contribution < -0.4 is 9.46 Å². The standard InChI is InChI=1S/C16H17FN2O4S/c1-19(2)16(20)11-5-4-6-13(9-11)24(21,22)18-14-8-7-12(17)10-15(14)23-3/h4-10,18H,1-3H3. The molecule has 0 fully saturated rings. The van der Waals surface area contributed by atoms with Crippen LogP contribution in [0.5, 0.6) is 5.75 Å². The fourth-order valence-electron chi connectivity index (χ4n) is 2.01. The van der Waals surface area contributed by atoms with Gasteiger partial charge in [0.1, 0.15) is 11.6 Å². The first-order valence-electron chi connectivity index (χ1n) is 6.92. The van der Waals surface area contributed by atoms with E-state index in [1.165, 1.54) is 42.3 Å². The van der Waals surface area contributed by atoms with Crippen molar-refractivity contribution in [2.45, 2.75) is 4.90 Å².